The van der Waals surface area contributed by atoms with Gasteiger partial charge in [-0.1, -0.05) is 30.3 Å². The number of para-hydroxylation sites is 1. The summed E-state index contributed by atoms with van der Waals surface area (Å²) in [6.45, 7) is 1.53. The minimum Gasteiger partial charge on any atom is -0.467 e. The zero-order valence-electron chi connectivity index (χ0n) is 14.3. The second kappa shape index (κ2) is 7.23. The van der Waals surface area contributed by atoms with Crippen molar-refractivity contribution in [1.82, 2.24) is 5.32 Å². The van der Waals surface area contributed by atoms with Crippen molar-refractivity contribution < 1.29 is 18.7 Å². The Morgan fingerprint density at radius 3 is 2.62 bits per heavy atom. The first-order valence-electron chi connectivity index (χ1n) is 8.01. The second-order valence-electron chi connectivity index (χ2n) is 5.78. The van der Waals surface area contributed by atoms with Crippen molar-refractivity contribution in [3.63, 3.8) is 0 Å². The summed E-state index contributed by atoms with van der Waals surface area (Å²) < 4.78 is 9.93. The van der Waals surface area contributed by atoms with Crippen LogP contribution in [0.15, 0.2) is 63.8 Å². The van der Waals surface area contributed by atoms with Crippen molar-refractivity contribution in [2.45, 2.75) is 13.0 Å². The Hall–Kier alpha value is -3.41. The molecule has 1 amide bonds. The number of fused-ring (bicyclic) bond motifs is 1. The topological polar surface area (TPSA) is 85.6 Å². The number of carbonyl (C=O) groups excluding carboxylic acids is 2. The fraction of sp³-hybridized carbons (Fsp3) is 0.150. The molecule has 0 aliphatic carbocycles. The normalized spacial score (nSPS) is 11.8. The van der Waals surface area contributed by atoms with Gasteiger partial charge in [0, 0.05) is 10.9 Å². The molecule has 0 saturated heterocycles. The molecule has 132 valence electrons. The third-order valence-corrected chi connectivity index (χ3v) is 3.98. The van der Waals surface area contributed by atoms with Crippen molar-refractivity contribution >= 4 is 22.8 Å². The molecular weight excluding hydrogens is 334 g/mol. The molecule has 0 unspecified atom stereocenters. The van der Waals surface area contributed by atoms with Crippen molar-refractivity contribution in [2.24, 2.45) is 0 Å². The van der Waals surface area contributed by atoms with E-state index in [0.29, 0.717) is 22.3 Å². The number of amides is 1. The van der Waals surface area contributed by atoms with Crippen molar-refractivity contribution in [3.8, 4) is 11.1 Å². The van der Waals surface area contributed by atoms with E-state index in [-0.39, 0.29) is 0 Å². The molecule has 0 aliphatic heterocycles. The van der Waals surface area contributed by atoms with E-state index >= 15 is 0 Å². The predicted octanol–water partition coefficient (Wildman–Crippen LogP) is 2.75. The fourth-order valence-corrected chi connectivity index (χ4v) is 2.61. The average molecular weight is 351 g/mol. The smallest absolute Gasteiger partial charge is 0.344 e. The summed E-state index contributed by atoms with van der Waals surface area (Å²) >= 11 is 0. The maximum Gasteiger partial charge on any atom is 0.344 e. The number of rotatable bonds is 4. The number of benzene rings is 2. The first kappa shape index (κ1) is 17.4. The van der Waals surface area contributed by atoms with Crippen LogP contribution in [0.5, 0.6) is 0 Å². The molecule has 1 heterocycles. The first-order valence-corrected chi connectivity index (χ1v) is 8.01. The van der Waals surface area contributed by atoms with Crippen molar-refractivity contribution in [1.29, 1.82) is 0 Å². The predicted molar refractivity (Wildman–Crippen MR) is 96.9 cm³/mol. The first-order chi connectivity index (χ1) is 12.5. The lowest BCUT2D eigenvalue weighted by atomic mass is 10.0. The summed E-state index contributed by atoms with van der Waals surface area (Å²) in [7, 11) is 1.25. The molecule has 0 aliphatic rings. The van der Waals surface area contributed by atoms with E-state index in [1.807, 2.05) is 12.1 Å². The van der Waals surface area contributed by atoms with Gasteiger partial charge in [-0.15, -0.1) is 0 Å². The molecule has 0 radical (unpaired) electrons. The number of esters is 1. The van der Waals surface area contributed by atoms with E-state index in [0.717, 1.165) is 5.39 Å². The number of methoxy groups -OCH3 is 1. The highest BCUT2D eigenvalue weighted by Crippen LogP contribution is 2.22. The Kier molecular flexibility index (Phi) is 4.84. The summed E-state index contributed by atoms with van der Waals surface area (Å²) in [6, 6.07) is 14.7. The van der Waals surface area contributed by atoms with Gasteiger partial charge in [0.15, 0.2) is 0 Å². The lowest BCUT2D eigenvalue weighted by molar-refractivity contribution is -0.142. The molecule has 0 bridgehead atoms. The molecule has 0 saturated carbocycles. The van der Waals surface area contributed by atoms with E-state index in [1.54, 1.807) is 42.5 Å². The standard InChI is InChI=1S/C20H17NO5/c1-12(19(23)25-2)21-18(22)15-8-5-7-13(10-15)16-11-14-6-3-4-9-17(14)26-20(16)24/h3-12H,1-2H3,(H,21,22)/t12-/m1/s1. The van der Waals surface area contributed by atoms with Gasteiger partial charge in [-0.2, -0.15) is 0 Å². The maximum atomic E-state index is 12.3. The van der Waals surface area contributed by atoms with E-state index < -0.39 is 23.5 Å². The highest BCUT2D eigenvalue weighted by molar-refractivity contribution is 5.97. The van der Waals surface area contributed by atoms with Crippen LogP contribution < -0.4 is 10.9 Å². The SMILES string of the molecule is COC(=O)[C@@H](C)NC(=O)c1cccc(-c2cc3ccccc3oc2=O)c1. The Balaban J connectivity index is 1.95. The number of hydrogen-bond donors (Lipinski definition) is 1. The highest BCUT2D eigenvalue weighted by Gasteiger charge is 2.17. The van der Waals surface area contributed by atoms with Crippen molar-refractivity contribution in [3.05, 3.63) is 70.6 Å². The second-order valence-corrected chi connectivity index (χ2v) is 5.78. The number of carbonyl (C=O) groups is 2. The van der Waals surface area contributed by atoms with Crippen LogP contribution in [0.1, 0.15) is 17.3 Å². The number of ether oxygens (including phenoxy) is 1. The van der Waals surface area contributed by atoms with E-state index in [1.165, 1.54) is 14.0 Å². The molecule has 6 heteroatoms. The van der Waals surface area contributed by atoms with Gasteiger partial charge in [0.05, 0.1) is 12.7 Å². The van der Waals surface area contributed by atoms with Gasteiger partial charge in [-0.25, -0.2) is 9.59 Å². The van der Waals surface area contributed by atoms with Gasteiger partial charge in [0.1, 0.15) is 11.6 Å². The lowest BCUT2D eigenvalue weighted by Crippen LogP contribution is -2.39. The van der Waals surface area contributed by atoms with Crippen LogP contribution in [0.25, 0.3) is 22.1 Å². The summed E-state index contributed by atoms with van der Waals surface area (Å²) in [5.74, 6) is -0.973. The van der Waals surface area contributed by atoms with Gasteiger partial charge < -0.3 is 14.5 Å². The van der Waals surface area contributed by atoms with E-state index in [9.17, 15) is 14.4 Å². The summed E-state index contributed by atoms with van der Waals surface area (Å²) in [4.78, 5) is 36.1. The zero-order chi connectivity index (χ0) is 18.7. The Morgan fingerprint density at radius 2 is 1.85 bits per heavy atom. The molecule has 1 atom stereocenters. The van der Waals surface area contributed by atoms with Gasteiger partial charge in [-0.05, 0) is 36.8 Å². The summed E-state index contributed by atoms with van der Waals surface area (Å²) in [5, 5.41) is 3.34. The van der Waals surface area contributed by atoms with Crippen molar-refractivity contribution in [2.75, 3.05) is 7.11 Å². The van der Waals surface area contributed by atoms with Crippen LogP contribution in [0, 0.1) is 0 Å². The van der Waals surface area contributed by atoms with Crippen LogP contribution in [0.2, 0.25) is 0 Å². The number of hydrogen-bond acceptors (Lipinski definition) is 5. The molecule has 1 N–H and O–H groups in total. The van der Waals surface area contributed by atoms with Crippen LogP contribution >= 0.6 is 0 Å². The maximum absolute atomic E-state index is 12.3. The molecule has 3 aromatic rings. The number of nitrogens with one attached hydrogen (secondary N) is 1. The summed E-state index contributed by atoms with van der Waals surface area (Å²) in [6.07, 6.45) is 0. The molecule has 3 rings (SSSR count). The average Bonchev–Trinajstić information content (AvgIpc) is 2.66. The minimum atomic E-state index is -0.776. The highest BCUT2D eigenvalue weighted by atomic mass is 16.5. The Labute approximate surface area is 149 Å². The van der Waals surface area contributed by atoms with Gasteiger partial charge in [0.25, 0.3) is 5.91 Å². The Bertz CT molecular complexity index is 1040. The summed E-state index contributed by atoms with van der Waals surface area (Å²) in [5.41, 5.74) is 1.26. The third kappa shape index (κ3) is 3.49. The molecule has 0 spiro atoms. The van der Waals surface area contributed by atoms with Gasteiger partial charge in [-0.3, -0.25) is 4.79 Å². The van der Waals surface area contributed by atoms with Crippen LogP contribution in [-0.2, 0) is 9.53 Å². The molecule has 1 aromatic heterocycles. The van der Waals surface area contributed by atoms with Crippen LogP contribution in [-0.4, -0.2) is 25.0 Å². The van der Waals surface area contributed by atoms with Gasteiger partial charge >= 0.3 is 11.6 Å². The minimum absolute atomic E-state index is 0.325. The third-order valence-electron chi connectivity index (χ3n) is 3.98. The van der Waals surface area contributed by atoms with E-state index in [4.69, 9.17) is 4.42 Å². The fourth-order valence-electron chi connectivity index (χ4n) is 2.61. The molecule has 26 heavy (non-hydrogen) atoms. The largest absolute Gasteiger partial charge is 0.467 e. The monoisotopic (exact) mass is 351 g/mol. The lowest BCUT2D eigenvalue weighted by Gasteiger charge is -2.12. The van der Waals surface area contributed by atoms with E-state index in [2.05, 4.69) is 10.1 Å². The molecule has 2 aromatic carbocycles. The van der Waals surface area contributed by atoms with Crippen LogP contribution in [0.4, 0.5) is 0 Å². The Morgan fingerprint density at radius 1 is 1.08 bits per heavy atom. The molecule has 6 nitrogen and oxygen atoms in total. The molecule has 0 fully saturated rings. The van der Waals surface area contributed by atoms with Gasteiger partial charge in [0.2, 0.25) is 0 Å². The molecular formula is C20H17NO5. The van der Waals surface area contributed by atoms with Crippen LogP contribution in [0.3, 0.4) is 0 Å². The quantitative estimate of drug-likeness (QED) is 0.577. The zero-order valence-corrected chi connectivity index (χ0v) is 14.3.